The Morgan fingerprint density at radius 3 is 2.10 bits per heavy atom. The van der Waals surface area contributed by atoms with E-state index in [4.69, 9.17) is 46.4 Å². The fourth-order valence-corrected chi connectivity index (χ4v) is 5.68. The molecule has 0 spiro atoms. The first-order valence-corrected chi connectivity index (χ1v) is 15.7. The molecule has 40 heavy (non-hydrogen) atoms. The van der Waals surface area contributed by atoms with Gasteiger partial charge in [-0.1, -0.05) is 89.7 Å². The molecule has 2 amide bonds. The van der Waals surface area contributed by atoms with Crippen molar-refractivity contribution in [2.75, 3.05) is 23.7 Å². The third-order valence-electron chi connectivity index (χ3n) is 6.08. The third-order valence-corrected chi connectivity index (χ3v) is 8.67. The van der Waals surface area contributed by atoms with Crippen LogP contribution >= 0.6 is 46.4 Å². The number of carbonyl (C=O) groups excluding carboxylic acids is 2. The van der Waals surface area contributed by atoms with E-state index >= 15 is 0 Å². The number of hydrogen-bond acceptors (Lipinski definition) is 4. The monoisotopic (exact) mass is 643 g/mol. The third kappa shape index (κ3) is 8.51. The number of nitrogens with one attached hydrogen (secondary N) is 1. The van der Waals surface area contributed by atoms with Gasteiger partial charge in [0.1, 0.15) is 12.6 Å². The SMILES string of the molecule is CCCNC(=O)[C@H](Cc1ccccc1)N(Cc1c(Cl)cccc1Cl)C(=O)CN(c1ccc(Cl)c(Cl)c1)S(C)(=O)=O. The minimum atomic E-state index is -3.95. The summed E-state index contributed by atoms with van der Waals surface area (Å²) < 4.78 is 26.6. The summed E-state index contributed by atoms with van der Waals surface area (Å²) in [6, 6.07) is 17.4. The molecular formula is C28H29Cl4N3O4S. The van der Waals surface area contributed by atoms with Crippen molar-refractivity contribution in [3.8, 4) is 0 Å². The van der Waals surface area contributed by atoms with Gasteiger partial charge in [-0.2, -0.15) is 0 Å². The van der Waals surface area contributed by atoms with Crippen LogP contribution < -0.4 is 9.62 Å². The molecule has 3 aromatic carbocycles. The van der Waals surface area contributed by atoms with Gasteiger partial charge in [-0.25, -0.2) is 8.42 Å². The van der Waals surface area contributed by atoms with Gasteiger partial charge in [0.05, 0.1) is 22.0 Å². The minimum absolute atomic E-state index is 0.126. The number of halogens is 4. The molecule has 1 atom stereocenters. The lowest BCUT2D eigenvalue weighted by molar-refractivity contribution is -0.140. The van der Waals surface area contributed by atoms with Crippen LogP contribution in [0, 0.1) is 0 Å². The van der Waals surface area contributed by atoms with Crippen LogP contribution in [-0.4, -0.2) is 50.5 Å². The Morgan fingerprint density at radius 1 is 0.875 bits per heavy atom. The topological polar surface area (TPSA) is 86.8 Å². The van der Waals surface area contributed by atoms with Gasteiger partial charge in [0, 0.05) is 35.1 Å². The first-order valence-electron chi connectivity index (χ1n) is 12.4. The molecule has 12 heteroatoms. The van der Waals surface area contributed by atoms with Crippen molar-refractivity contribution in [2.24, 2.45) is 0 Å². The second-order valence-electron chi connectivity index (χ2n) is 9.09. The van der Waals surface area contributed by atoms with E-state index in [1.54, 1.807) is 18.2 Å². The molecule has 0 bridgehead atoms. The zero-order valence-corrected chi connectivity index (χ0v) is 25.8. The molecule has 1 N–H and O–H groups in total. The van der Waals surface area contributed by atoms with E-state index in [0.717, 1.165) is 16.1 Å². The largest absolute Gasteiger partial charge is 0.354 e. The van der Waals surface area contributed by atoms with Crippen LogP contribution in [0.15, 0.2) is 66.7 Å². The van der Waals surface area contributed by atoms with E-state index in [9.17, 15) is 18.0 Å². The van der Waals surface area contributed by atoms with Crippen molar-refractivity contribution >= 4 is 73.9 Å². The molecule has 0 aliphatic rings. The summed E-state index contributed by atoms with van der Waals surface area (Å²) in [6.45, 7) is 1.58. The normalized spacial score (nSPS) is 12.1. The van der Waals surface area contributed by atoms with E-state index < -0.39 is 28.5 Å². The van der Waals surface area contributed by atoms with Crippen molar-refractivity contribution in [3.05, 3.63) is 97.9 Å². The Morgan fingerprint density at radius 2 is 1.52 bits per heavy atom. The minimum Gasteiger partial charge on any atom is -0.354 e. The molecule has 0 aliphatic carbocycles. The van der Waals surface area contributed by atoms with E-state index in [-0.39, 0.29) is 34.6 Å². The van der Waals surface area contributed by atoms with E-state index in [1.165, 1.54) is 23.1 Å². The van der Waals surface area contributed by atoms with Gasteiger partial charge in [-0.15, -0.1) is 0 Å². The number of carbonyl (C=O) groups is 2. The fourth-order valence-electron chi connectivity index (χ4n) is 4.03. The number of hydrogen-bond donors (Lipinski definition) is 1. The summed E-state index contributed by atoms with van der Waals surface area (Å²) in [6.07, 6.45) is 1.84. The van der Waals surface area contributed by atoms with Gasteiger partial charge in [0.25, 0.3) is 0 Å². The molecule has 0 saturated carbocycles. The summed E-state index contributed by atoms with van der Waals surface area (Å²) in [4.78, 5) is 28.9. The molecule has 3 aromatic rings. The second kappa shape index (κ2) is 14.4. The molecule has 0 fully saturated rings. The molecule has 0 radical (unpaired) electrons. The lowest BCUT2D eigenvalue weighted by atomic mass is 10.0. The van der Waals surface area contributed by atoms with Crippen LogP contribution in [0.25, 0.3) is 0 Å². The van der Waals surface area contributed by atoms with Crippen molar-refractivity contribution in [1.82, 2.24) is 10.2 Å². The molecule has 0 heterocycles. The molecular weight excluding hydrogens is 616 g/mol. The van der Waals surface area contributed by atoms with Gasteiger partial charge in [0.15, 0.2) is 0 Å². The lowest BCUT2D eigenvalue weighted by Gasteiger charge is -2.34. The number of sulfonamides is 1. The summed E-state index contributed by atoms with van der Waals surface area (Å²) in [5.74, 6) is -1.03. The predicted molar refractivity (Wildman–Crippen MR) is 163 cm³/mol. The van der Waals surface area contributed by atoms with Crippen molar-refractivity contribution in [2.45, 2.75) is 32.4 Å². The maximum absolute atomic E-state index is 14.1. The van der Waals surface area contributed by atoms with Crippen LogP contribution in [0.3, 0.4) is 0 Å². The summed E-state index contributed by atoms with van der Waals surface area (Å²) in [7, 11) is -3.95. The number of rotatable bonds is 12. The molecule has 3 rings (SSSR count). The number of benzene rings is 3. The van der Waals surface area contributed by atoms with Crippen LogP contribution in [0.4, 0.5) is 5.69 Å². The average molecular weight is 645 g/mol. The predicted octanol–water partition coefficient (Wildman–Crippen LogP) is 6.23. The molecule has 0 saturated heterocycles. The van der Waals surface area contributed by atoms with Crippen LogP contribution in [-0.2, 0) is 32.6 Å². The van der Waals surface area contributed by atoms with Gasteiger partial charge in [-0.05, 0) is 42.3 Å². The van der Waals surface area contributed by atoms with E-state index in [0.29, 0.717) is 28.6 Å². The summed E-state index contributed by atoms with van der Waals surface area (Å²) in [5, 5.41) is 3.84. The molecule has 0 unspecified atom stereocenters. The summed E-state index contributed by atoms with van der Waals surface area (Å²) >= 11 is 25.1. The Balaban J connectivity index is 2.10. The van der Waals surface area contributed by atoms with Gasteiger partial charge < -0.3 is 10.2 Å². The van der Waals surface area contributed by atoms with Crippen molar-refractivity contribution < 1.29 is 18.0 Å². The Labute approximate surface area is 255 Å². The van der Waals surface area contributed by atoms with E-state index in [1.807, 2.05) is 37.3 Å². The van der Waals surface area contributed by atoms with Gasteiger partial charge in [0.2, 0.25) is 21.8 Å². The van der Waals surface area contributed by atoms with Crippen molar-refractivity contribution in [1.29, 1.82) is 0 Å². The Bertz CT molecular complexity index is 1430. The highest BCUT2D eigenvalue weighted by Crippen LogP contribution is 2.30. The van der Waals surface area contributed by atoms with Gasteiger partial charge >= 0.3 is 0 Å². The Hall–Kier alpha value is -2.49. The van der Waals surface area contributed by atoms with Crippen molar-refractivity contribution in [3.63, 3.8) is 0 Å². The molecule has 0 aromatic heterocycles. The zero-order chi connectivity index (χ0) is 29.4. The maximum Gasteiger partial charge on any atom is 0.244 e. The molecule has 7 nitrogen and oxygen atoms in total. The number of anilines is 1. The van der Waals surface area contributed by atoms with Crippen LogP contribution in [0.5, 0.6) is 0 Å². The fraction of sp³-hybridized carbons (Fsp3) is 0.286. The Kier molecular flexibility index (Phi) is 11.5. The average Bonchev–Trinajstić information content (AvgIpc) is 2.90. The quantitative estimate of drug-likeness (QED) is 0.253. The highest BCUT2D eigenvalue weighted by molar-refractivity contribution is 7.92. The molecule has 214 valence electrons. The second-order valence-corrected chi connectivity index (χ2v) is 12.6. The molecule has 0 aliphatic heterocycles. The lowest BCUT2D eigenvalue weighted by Crippen LogP contribution is -2.53. The first kappa shape index (κ1) is 32.0. The number of amides is 2. The zero-order valence-electron chi connectivity index (χ0n) is 21.9. The highest BCUT2D eigenvalue weighted by Gasteiger charge is 2.33. The van der Waals surface area contributed by atoms with Crippen LogP contribution in [0.1, 0.15) is 24.5 Å². The summed E-state index contributed by atoms with van der Waals surface area (Å²) in [5.41, 5.74) is 1.39. The van der Waals surface area contributed by atoms with Crippen LogP contribution in [0.2, 0.25) is 20.1 Å². The van der Waals surface area contributed by atoms with E-state index in [2.05, 4.69) is 5.32 Å². The smallest absolute Gasteiger partial charge is 0.244 e. The maximum atomic E-state index is 14.1. The first-order chi connectivity index (χ1) is 18.9. The highest BCUT2D eigenvalue weighted by atomic mass is 35.5. The number of nitrogens with zero attached hydrogens (tertiary/aromatic N) is 2. The van der Waals surface area contributed by atoms with Gasteiger partial charge in [-0.3, -0.25) is 13.9 Å². The standard InChI is InChI=1S/C28H29Cl4N3O4S/c1-3-14-33-28(37)26(15-19-8-5-4-6-9-19)34(17-21-22(29)10-7-11-23(21)30)27(36)18-35(40(2,38)39)20-12-13-24(31)25(32)16-20/h4-13,16,26H,3,14-15,17-18H2,1-2H3,(H,33,37)/t26-/m0/s1.